The van der Waals surface area contributed by atoms with Crippen molar-refractivity contribution >= 4 is 29.7 Å². The molecule has 6 heteroatoms. The molecule has 0 aliphatic carbocycles. The SMILES string of the molecule is COc1ccc(N)c(NC(=O)CCCOc2ccccc2C)c1.Cl. The summed E-state index contributed by atoms with van der Waals surface area (Å²) in [6, 6.07) is 13.0. The first kappa shape index (κ1) is 19.6. The van der Waals surface area contributed by atoms with Crippen LogP contribution in [0.25, 0.3) is 0 Å². The molecule has 0 aromatic heterocycles. The van der Waals surface area contributed by atoms with Crippen LogP contribution in [0.4, 0.5) is 11.4 Å². The minimum atomic E-state index is -0.0988. The number of hydrogen-bond donors (Lipinski definition) is 2. The first-order valence-electron chi connectivity index (χ1n) is 7.52. The normalized spacial score (nSPS) is 9.75. The number of methoxy groups -OCH3 is 1. The zero-order chi connectivity index (χ0) is 16.7. The third-order valence-corrected chi connectivity index (χ3v) is 3.43. The fraction of sp³-hybridized carbons (Fsp3) is 0.278. The second kappa shape index (κ2) is 9.67. The summed E-state index contributed by atoms with van der Waals surface area (Å²) in [5, 5.41) is 2.80. The Morgan fingerprint density at radius 3 is 2.67 bits per heavy atom. The molecule has 1 amide bonds. The van der Waals surface area contributed by atoms with Gasteiger partial charge in [0.25, 0.3) is 0 Å². The Balaban J connectivity index is 0.00000288. The van der Waals surface area contributed by atoms with Gasteiger partial charge in [0, 0.05) is 12.5 Å². The van der Waals surface area contributed by atoms with E-state index in [1.54, 1.807) is 25.3 Å². The van der Waals surface area contributed by atoms with Gasteiger partial charge in [0.2, 0.25) is 5.91 Å². The van der Waals surface area contributed by atoms with Crippen molar-refractivity contribution in [2.24, 2.45) is 0 Å². The number of carbonyl (C=O) groups excluding carboxylic acids is 1. The fourth-order valence-electron chi connectivity index (χ4n) is 2.12. The zero-order valence-electron chi connectivity index (χ0n) is 13.9. The molecule has 0 saturated carbocycles. The number of nitrogens with one attached hydrogen (secondary N) is 1. The Hall–Kier alpha value is -2.40. The van der Waals surface area contributed by atoms with Gasteiger partial charge in [-0.2, -0.15) is 0 Å². The summed E-state index contributed by atoms with van der Waals surface area (Å²) in [5.41, 5.74) is 8.00. The third-order valence-electron chi connectivity index (χ3n) is 3.43. The lowest BCUT2D eigenvalue weighted by Gasteiger charge is -2.11. The van der Waals surface area contributed by atoms with Gasteiger partial charge in [0.1, 0.15) is 11.5 Å². The second-order valence-electron chi connectivity index (χ2n) is 5.22. The molecular formula is C18H23ClN2O3. The minimum Gasteiger partial charge on any atom is -0.497 e. The van der Waals surface area contributed by atoms with Gasteiger partial charge in [-0.25, -0.2) is 0 Å². The predicted molar refractivity (Wildman–Crippen MR) is 99.2 cm³/mol. The maximum atomic E-state index is 12.0. The Morgan fingerprint density at radius 1 is 1.21 bits per heavy atom. The number of ether oxygens (including phenoxy) is 2. The summed E-state index contributed by atoms with van der Waals surface area (Å²) in [4.78, 5) is 12.0. The topological polar surface area (TPSA) is 73.6 Å². The Labute approximate surface area is 148 Å². The maximum Gasteiger partial charge on any atom is 0.224 e. The molecule has 0 unspecified atom stereocenters. The van der Waals surface area contributed by atoms with Crippen molar-refractivity contribution in [3.05, 3.63) is 48.0 Å². The van der Waals surface area contributed by atoms with Gasteiger partial charge in [-0.05, 0) is 37.1 Å². The van der Waals surface area contributed by atoms with Crippen LogP contribution in [-0.4, -0.2) is 19.6 Å². The van der Waals surface area contributed by atoms with E-state index in [-0.39, 0.29) is 18.3 Å². The molecule has 0 radical (unpaired) electrons. The molecule has 2 aromatic rings. The average Bonchev–Trinajstić information content (AvgIpc) is 2.55. The van der Waals surface area contributed by atoms with Gasteiger partial charge in [-0.1, -0.05) is 18.2 Å². The molecule has 2 aromatic carbocycles. The number of rotatable bonds is 7. The van der Waals surface area contributed by atoms with Gasteiger partial charge in [-0.3, -0.25) is 4.79 Å². The van der Waals surface area contributed by atoms with E-state index in [1.807, 2.05) is 31.2 Å². The Kier molecular flexibility index (Phi) is 7.92. The fourth-order valence-corrected chi connectivity index (χ4v) is 2.12. The van der Waals surface area contributed by atoms with Crippen LogP contribution in [0.5, 0.6) is 11.5 Å². The summed E-state index contributed by atoms with van der Waals surface area (Å²) in [6.45, 7) is 2.49. The summed E-state index contributed by atoms with van der Waals surface area (Å²) in [6.07, 6.45) is 0.993. The third kappa shape index (κ3) is 5.66. The molecule has 5 nitrogen and oxygen atoms in total. The van der Waals surface area contributed by atoms with Crippen molar-refractivity contribution in [1.29, 1.82) is 0 Å². The van der Waals surface area contributed by atoms with Gasteiger partial charge in [0.15, 0.2) is 0 Å². The molecule has 24 heavy (non-hydrogen) atoms. The van der Waals surface area contributed by atoms with Gasteiger partial charge < -0.3 is 20.5 Å². The van der Waals surface area contributed by atoms with Crippen molar-refractivity contribution in [2.75, 3.05) is 24.8 Å². The second-order valence-corrected chi connectivity index (χ2v) is 5.22. The lowest BCUT2D eigenvalue weighted by molar-refractivity contribution is -0.116. The van der Waals surface area contributed by atoms with Gasteiger partial charge in [0.05, 0.1) is 25.1 Å². The summed E-state index contributed by atoms with van der Waals surface area (Å²) in [5.74, 6) is 1.40. The highest BCUT2D eigenvalue weighted by Crippen LogP contribution is 2.24. The monoisotopic (exact) mass is 350 g/mol. The molecule has 0 heterocycles. The number of hydrogen-bond acceptors (Lipinski definition) is 4. The van der Waals surface area contributed by atoms with Crippen LogP contribution in [0, 0.1) is 6.92 Å². The number of nitrogen functional groups attached to an aromatic ring is 1. The molecule has 0 saturated heterocycles. The smallest absolute Gasteiger partial charge is 0.224 e. The standard InChI is InChI=1S/C18H22N2O3.ClH/c1-13-6-3-4-7-17(13)23-11-5-8-18(21)20-16-12-14(22-2)9-10-15(16)19;/h3-4,6-7,9-10,12H,5,8,11,19H2,1-2H3,(H,20,21);1H. The average molecular weight is 351 g/mol. The van der Waals surface area contributed by atoms with E-state index in [9.17, 15) is 4.79 Å². The number of amides is 1. The largest absolute Gasteiger partial charge is 0.497 e. The molecular weight excluding hydrogens is 328 g/mol. The molecule has 0 bridgehead atoms. The molecule has 0 aliphatic heterocycles. The maximum absolute atomic E-state index is 12.0. The lowest BCUT2D eigenvalue weighted by atomic mass is 10.2. The van der Waals surface area contributed by atoms with Crippen molar-refractivity contribution in [3.63, 3.8) is 0 Å². The molecule has 0 fully saturated rings. The number of benzene rings is 2. The van der Waals surface area contributed by atoms with E-state index in [1.165, 1.54) is 0 Å². The van der Waals surface area contributed by atoms with Crippen LogP contribution in [0.15, 0.2) is 42.5 Å². The zero-order valence-corrected chi connectivity index (χ0v) is 14.7. The number of para-hydroxylation sites is 1. The number of nitrogens with two attached hydrogens (primary N) is 1. The van der Waals surface area contributed by atoms with E-state index in [4.69, 9.17) is 15.2 Å². The first-order valence-corrected chi connectivity index (χ1v) is 7.52. The van der Waals surface area contributed by atoms with Crippen molar-refractivity contribution in [1.82, 2.24) is 0 Å². The van der Waals surface area contributed by atoms with Crippen LogP contribution >= 0.6 is 12.4 Å². The molecule has 0 spiro atoms. The minimum absolute atomic E-state index is 0. The van der Waals surface area contributed by atoms with Crippen molar-refractivity contribution in [2.45, 2.75) is 19.8 Å². The molecule has 3 N–H and O–H groups in total. The van der Waals surface area contributed by atoms with Crippen LogP contribution in [0.3, 0.4) is 0 Å². The number of aryl methyl sites for hydroxylation is 1. The van der Waals surface area contributed by atoms with Crippen molar-refractivity contribution < 1.29 is 14.3 Å². The predicted octanol–water partition coefficient (Wildman–Crippen LogP) is 3.81. The number of anilines is 2. The number of carbonyl (C=O) groups is 1. The van der Waals surface area contributed by atoms with Crippen molar-refractivity contribution in [3.8, 4) is 11.5 Å². The van der Waals surface area contributed by atoms with Gasteiger partial charge >= 0.3 is 0 Å². The van der Waals surface area contributed by atoms with E-state index in [0.29, 0.717) is 36.6 Å². The molecule has 0 aliphatic rings. The highest BCUT2D eigenvalue weighted by Gasteiger charge is 2.07. The van der Waals surface area contributed by atoms with E-state index < -0.39 is 0 Å². The summed E-state index contributed by atoms with van der Waals surface area (Å²) in [7, 11) is 1.57. The van der Waals surface area contributed by atoms with Crippen LogP contribution in [0.1, 0.15) is 18.4 Å². The van der Waals surface area contributed by atoms with E-state index in [0.717, 1.165) is 11.3 Å². The van der Waals surface area contributed by atoms with Gasteiger partial charge in [-0.15, -0.1) is 12.4 Å². The van der Waals surface area contributed by atoms with Crippen LogP contribution in [0.2, 0.25) is 0 Å². The Morgan fingerprint density at radius 2 is 1.96 bits per heavy atom. The van der Waals surface area contributed by atoms with Crippen LogP contribution in [-0.2, 0) is 4.79 Å². The number of halogens is 1. The van der Waals surface area contributed by atoms with Crippen LogP contribution < -0.4 is 20.5 Å². The highest BCUT2D eigenvalue weighted by atomic mass is 35.5. The quantitative estimate of drug-likeness (QED) is 0.588. The van der Waals surface area contributed by atoms with E-state index in [2.05, 4.69) is 5.32 Å². The first-order chi connectivity index (χ1) is 11.1. The summed E-state index contributed by atoms with van der Waals surface area (Å²) < 4.78 is 10.8. The van der Waals surface area contributed by atoms with E-state index >= 15 is 0 Å². The lowest BCUT2D eigenvalue weighted by Crippen LogP contribution is -2.14. The molecule has 130 valence electrons. The molecule has 0 atom stereocenters. The Bertz CT molecular complexity index is 677. The summed E-state index contributed by atoms with van der Waals surface area (Å²) >= 11 is 0. The highest BCUT2D eigenvalue weighted by molar-refractivity contribution is 5.94. The molecule has 2 rings (SSSR count).